The normalized spacial score (nSPS) is 26.9. The molecule has 0 radical (unpaired) electrons. The number of Topliss-reactive ketones (excluding diaryl/α,β-unsaturated/α-hetero) is 2. The Labute approximate surface area is 123 Å². The zero-order valence-corrected chi connectivity index (χ0v) is 11.9. The minimum absolute atomic E-state index is 0.108. The molecule has 0 spiro atoms. The van der Waals surface area contributed by atoms with E-state index in [1.54, 1.807) is 24.3 Å². The Kier molecular flexibility index (Phi) is 2.32. The fourth-order valence-corrected chi connectivity index (χ4v) is 3.11. The minimum Gasteiger partial charge on any atom is -0.343 e. The van der Waals surface area contributed by atoms with Crippen LogP contribution >= 0.6 is 15.9 Å². The number of halogens is 1. The summed E-state index contributed by atoms with van der Waals surface area (Å²) in [6, 6.07) is 14.2. The second-order valence-electron chi connectivity index (χ2n) is 4.98. The van der Waals surface area contributed by atoms with Crippen molar-refractivity contribution in [2.75, 3.05) is 0 Å². The number of ether oxygens (including phenoxy) is 1. The minimum atomic E-state index is -1.11. The first kappa shape index (κ1) is 12.0. The van der Waals surface area contributed by atoms with Crippen LogP contribution in [0.5, 0.6) is 0 Å². The van der Waals surface area contributed by atoms with Gasteiger partial charge in [-0.15, -0.1) is 0 Å². The number of benzene rings is 2. The van der Waals surface area contributed by atoms with E-state index in [-0.39, 0.29) is 11.6 Å². The van der Waals surface area contributed by atoms with Crippen molar-refractivity contribution in [3.63, 3.8) is 0 Å². The molecule has 1 aliphatic carbocycles. The van der Waals surface area contributed by atoms with Gasteiger partial charge in [0.25, 0.3) is 0 Å². The van der Waals surface area contributed by atoms with E-state index in [0.29, 0.717) is 11.1 Å². The predicted molar refractivity (Wildman–Crippen MR) is 75.8 cm³/mol. The lowest BCUT2D eigenvalue weighted by atomic mass is 9.78. The summed E-state index contributed by atoms with van der Waals surface area (Å²) in [6.07, 6.45) is -0.675. The van der Waals surface area contributed by atoms with Crippen LogP contribution in [0.15, 0.2) is 53.0 Å². The van der Waals surface area contributed by atoms with Crippen molar-refractivity contribution >= 4 is 27.5 Å². The molecule has 98 valence electrons. The topological polar surface area (TPSA) is 46.7 Å². The van der Waals surface area contributed by atoms with Crippen molar-refractivity contribution in [2.45, 2.75) is 11.7 Å². The summed E-state index contributed by atoms with van der Waals surface area (Å²) in [5, 5.41) is 0. The average molecular weight is 329 g/mol. The van der Waals surface area contributed by atoms with E-state index in [2.05, 4.69) is 15.9 Å². The first-order valence-electron chi connectivity index (χ1n) is 6.26. The molecule has 1 aliphatic heterocycles. The molecule has 1 saturated heterocycles. The van der Waals surface area contributed by atoms with Gasteiger partial charge in [0.2, 0.25) is 5.78 Å². The second kappa shape index (κ2) is 3.87. The highest BCUT2D eigenvalue weighted by atomic mass is 79.9. The Hall–Kier alpha value is -1.78. The van der Waals surface area contributed by atoms with Crippen molar-refractivity contribution in [2.24, 2.45) is 0 Å². The van der Waals surface area contributed by atoms with E-state index >= 15 is 0 Å². The average Bonchev–Trinajstić information content (AvgIpc) is 3.23. The Balaban J connectivity index is 1.89. The summed E-state index contributed by atoms with van der Waals surface area (Å²) in [7, 11) is 0. The fraction of sp³-hybridized carbons (Fsp3) is 0.125. The van der Waals surface area contributed by atoms with Crippen LogP contribution in [0.2, 0.25) is 0 Å². The first-order chi connectivity index (χ1) is 9.64. The highest BCUT2D eigenvalue weighted by Crippen LogP contribution is 2.53. The van der Waals surface area contributed by atoms with Gasteiger partial charge in [0.05, 0.1) is 0 Å². The molecular formula is C16H9BrO3. The molecule has 0 amide bonds. The highest BCUT2D eigenvalue weighted by molar-refractivity contribution is 9.10. The van der Waals surface area contributed by atoms with E-state index in [1.807, 2.05) is 24.3 Å². The van der Waals surface area contributed by atoms with Gasteiger partial charge >= 0.3 is 0 Å². The molecule has 0 saturated carbocycles. The standard InChI is InChI=1S/C16H9BrO3/c17-10-7-5-9(6-8-10)16-14(19)12-4-2-1-3-11(12)13(18)15(16)20-16/h1-8,15H. The van der Waals surface area contributed by atoms with Crippen molar-refractivity contribution in [1.82, 2.24) is 0 Å². The molecule has 0 N–H and O–H groups in total. The number of rotatable bonds is 1. The van der Waals surface area contributed by atoms with E-state index in [0.717, 1.165) is 10.0 Å². The monoisotopic (exact) mass is 328 g/mol. The SMILES string of the molecule is O=C1c2ccccc2C(=O)C2(c3ccc(Br)cc3)OC12. The molecule has 2 aromatic carbocycles. The van der Waals surface area contributed by atoms with Crippen molar-refractivity contribution in [1.29, 1.82) is 0 Å². The highest BCUT2D eigenvalue weighted by Gasteiger charge is 2.69. The number of hydrogen-bond donors (Lipinski definition) is 0. The van der Waals surface area contributed by atoms with Crippen LogP contribution in [0.4, 0.5) is 0 Å². The molecule has 1 fully saturated rings. The predicted octanol–water partition coefficient (Wildman–Crippen LogP) is 3.12. The molecule has 0 bridgehead atoms. The summed E-state index contributed by atoms with van der Waals surface area (Å²) >= 11 is 3.36. The summed E-state index contributed by atoms with van der Waals surface area (Å²) < 4.78 is 6.51. The zero-order valence-electron chi connectivity index (χ0n) is 10.3. The molecule has 2 unspecified atom stereocenters. The van der Waals surface area contributed by atoms with E-state index in [1.165, 1.54) is 0 Å². The summed E-state index contributed by atoms with van der Waals surface area (Å²) in [5.41, 5.74) is 0.548. The first-order valence-corrected chi connectivity index (χ1v) is 7.06. The summed E-state index contributed by atoms with van der Waals surface area (Å²) in [5.74, 6) is -0.233. The quantitative estimate of drug-likeness (QED) is 0.755. The maximum atomic E-state index is 12.7. The lowest BCUT2D eigenvalue weighted by molar-refractivity contribution is 0.0859. The number of carbonyl (C=O) groups excluding carboxylic acids is 2. The maximum Gasteiger partial charge on any atom is 0.203 e. The molecule has 1 heterocycles. The van der Waals surface area contributed by atoms with E-state index in [9.17, 15) is 9.59 Å². The van der Waals surface area contributed by atoms with Crippen LogP contribution in [-0.2, 0) is 10.3 Å². The Morgan fingerprint density at radius 3 is 2.30 bits per heavy atom. The molecule has 20 heavy (non-hydrogen) atoms. The van der Waals surface area contributed by atoms with Crippen LogP contribution in [0, 0.1) is 0 Å². The molecule has 4 rings (SSSR count). The van der Waals surface area contributed by atoms with E-state index in [4.69, 9.17) is 4.74 Å². The van der Waals surface area contributed by atoms with Crippen molar-refractivity contribution < 1.29 is 14.3 Å². The number of epoxide rings is 1. The number of fused-ring (bicyclic) bond motifs is 2. The molecule has 2 atom stereocenters. The maximum absolute atomic E-state index is 12.7. The van der Waals surface area contributed by atoms with Gasteiger partial charge in [-0.2, -0.15) is 0 Å². The van der Waals surface area contributed by atoms with Crippen LogP contribution < -0.4 is 0 Å². The molecule has 0 aromatic heterocycles. The smallest absolute Gasteiger partial charge is 0.203 e. The number of carbonyl (C=O) groups is 2. The number of hydrogen-bond acceptors (Lipinski definition) is 3. The van der Waals surface area contributed by atoms with Gasteiger partial charge in [-0.05, 0) is 17.7 Å². The van der Waals surface area contributed by atoms with E-state index < -0.39 is 11.7 Å². The van der Waals surface area contributed by atoms with Gasteiger partial charge in [-0.25, -0.2) is 0 Å². The summed E-state index contributed by atoms with van der Waals surface area (Å²) in [4.78, 5) is 25.1. The molecule has 4 heteroatoms. The largest absolute Gasteiger partial charge is 0.343 e. The van der Waals surface area contributed by atoms with Gasteiger partial charge < -0.3 is 4.74 Å². The van der Waals surface area contributed by atoms with Gasteiger partial charge in [0.15, 0.2) is 17.5 Å². The molecule has 2 aromatic rings. The lowest BCUT2D eigenvalue weighted by Gasteiger charge is -2.18. The lowest BCUT2D eigenvalue weighted by Crippen LogP contribution is -2.34. The van der Waals surface area contributed by atoms with Crippen LogP contribution in [0.1, 0.15) is 26.3 Å². The van der Waals surface area contributed by atoms with Crippen molar-refractivity contribution in [3.05, 3.63) is 69.7 Å². The van der Waals surface area contributed by atoms with Gasteiger partial charge in [0.1, 0.15) is 0 Å². The number of ketones is 2. The summed E-state index contributed by atoms with van der Waals surface area (Å²) in [6.45, 7) is 0. The Morgan fingerprint density at radius 1 is 0.950 bits per heavy atom. The molecule has 3 nitrogen and oxygen atoms in total. The Bertz CT molecular complexity index is 751. The third-order valence-electron chi connectivity index (χ3n) is 3.90. The third kappa shape index (κ3) is 1.38. The Morgan fingerprint density at radius 2 is 1.60 bits per heavy atom. The van der Waals surface area contributed by atoms with Crippen molar-refractivity contribution in [3.8, 4) is 0 Å². The van der Waals surface area contributed by atoms with Crippen LogP contribution in [-0.4, -0.2) is 17.7 Å². The third-order valence-corrected chi connectivity index (χ3v) is 4.43. The van der Waals surface area contributed by atoms with Crippen LogP contribution in [0.25, 0.3) is 0 Å². The molecule has 2 aliphatic rings. The van der Waals surface area contributed by atoms with Gasteiger partial charge in [-0.3, -0.25) is 9.59 Å². The van der Waals surface area contributed by atoms with Gasteiger partial charge in [0, 0.05) is 15.6 Å². The fourth-order valence-electron chi connectivity index (χ4n) is 2.85. The van der Waals surface area contributed by atoms with Crippen LogP contribution in [0.3, 0.4) is 0 Å². The molecular weight excluding hydrogens is 320 g/mol. The van der Waals surface area contributed by atoms with Gasteiger partial charge in [-0.1, -0.05) is 52.3 Å². The second-order valence-corrected chi connectivity index (χ2v) is 5.90. The zero-order chi connectivity index (χ0) is 13.9.